The van der Waals surface area contributed by atoms with Crippen LogP contribution in [0.3, 0.4) is 0 Å². The second-order valence-corrected chi connectivity index (χ2v) is 13.1. The Bertz CT molecular complexity index is 1390. The number of hydrogen-bond acceptors (Lipinski definition) is 4. The monoisotopic (exact) mass is 698 g/mol. The number of para-hydroxylation sites is 2. The lowest BCUT2D eigenvalue weighted by atomic mass is 9.80. The van der Waals surface area contributed by atoms with Crippen LogP contribution < -0.4 is 21.3 Å². The van der Waals surface area contributed by atoms with Gasteiger partial charge in [-0.15, -0.1) is 24.0 Å². The number of benzene rings is 2. The highest BCUT2D eigenvalue weighted by atomic mass is 127. The largest absolute Gasteiger partial charge is 0.364 e. The highest BCUT2D eigenvalue weighted by Crippen LogP contribution is 2.48. The van der Waals surface area contributed by atoms with Crippen LogP contribution >= 0.6 is 35.6 Å². The molecule has 5 rings (SSSR count). The highest BCUT2D eigenvalue weighted by Gasteiger charge is 2.43. The number of rotatable bonds is 9. The summed E-state index contributed by atoms with van der Waals surface area (Å²) in [6, 6.07) is 17.9. The van der Waals surface area contributed by atoms with Crippen molar-refractivity contribution in [1.82, 2.24) is 0 Å². The number of nitrogens with zero attached hydrogens (tertiary/aromatic N) is 2. The minimum Gasteiger partial charge on any atom is -0.364 e. The Kier molecular flexibility index (Phi) is 10.7. The maximum absolute atomic E-state index is 7.15. The SMILES string of the molecule is CC1(C)/C(=C\C=C2/CCCC(/C=C/C3N(CCCN)c4ccccc4C3(C)C)=C2Cl)N(CCCN)c2ccccc21.I. The van der Waals surface area contributed by atoms with Gasteiger partial charge in [0.2, 0.25) is 0 Å². The smallest absolute Gasteiger partial charge is 0.0568 e. The van der Waals surface area contributed by atoms with E-state index in [9.17, 15) is 0 Å². The van der Waals surface area contributed by atoms with Gasteiger partial charge in [0.05, 0.1) is 6.04 Å². The molecule has 2 aromatic carbocycles. The van der Waals surface area contributed by atoms with Crippen LogP contribution in [0.5, 0.6) is 0 Å². The Hall–Kier alpha value is -2.06. The predicted octanol–water partition coefficient (Wildman–Crippen LogP) is 8.31. The van der Waals surface area contributed by atoms with Gasteiger partial charge in [0, 0.05) is 46.0 Å². The molecule has 3 aliphatic rings. The Morgan fingerprint density at radius 2 is 1.50 bits per heavy atom. The quantitative estimate of drug-likeness (QED) is 0.259. The van der Waals surface area contributed by atoms with Gasteiger partial charge in [-0.05, 0) is 85.7 Å². The molecule has 4 N–H and O–H groups in total. The minimum atomic E-state index is -0.0775. The molecule has 0 bridgehead atoms. The van der Waals surface area contributed by atoms with Crippen molar-refractivity contribution in [2.45, 2.75) is 76.7 Å². The maximum Gasteiger partial charge on any atom is 0.0568 e. The van der Waals surface area contributed by atoms with E-state index in [4.69, 9.17) is 23.1 Å². The molecule has 0 spiro atoms. The van der Waals surface area contributed by atoms with Crippen molar-refractivity contribution in [2.24, 2.45) is 11.5 Å². The summed E-state index contributed by atoms with van der Waals surface area (Å²) >= 11 is 7.15. The van der Waals surface area contributed by atoms with Crippen LogP contribution in [0.2, 0.25) is 0 Å². The van der Waals surface area contributed by atoms with E-state index in [0.717, 1.165) is 50.2 Å². The van der Waals surface area contributed by atoms with Crippen LogP contribution in [0.25, 0.3) is 0 Å². The fourth-order valence-electron chi connectivity index (χ4n) is 7.06. The molecule has 0 amide bonds. The first-order valence-electron chi connectivity index (χ1n) is 15.3. The average Bonchev–Trinajstić information content (AvgIpc) is 3.32. The molecule has 0 radical (unpaired) electrons. The fraction of sp³-hybridized carbons (Fsp3) is 0.444. The molecule has 42 heavy (non-hydrogen) atoms. The molecule has 6 heteroatoms. The molecule has 4 nitrogen and oxygen atoms in total. The molecule has 2 aromatic rings. The van der Waals surface area contributed by atoms with Crippen molar-refractivity contribution in [3.63, 3.8) is 0 Å². The van der Waals surface area contributed by atoms with E-state index in [2.05, 4.69) is 110 Å². The summed E-state index contributed by atoms with van der Waals surface area (Å²) in [5.41, 5.74) is 20.9. The van der Waals surface area contributed by atoms with Crippen LogP contribution in [0.15, 0.2) is 94.7 Å². The molecule has 0 saturated heterocycles. The average molecular weight is 699 g/mol. The number of anilines is 2. The van der Waals surface area contributed by atoms with E-state index < -0.39 is 0 Å². The van der Waals surface area contributed by atoms with Crippen LogP contribution in [0, 0.1) is 0 Å². The molecule has 0 fully saturated rings. The molecule has 2 heterocycles. The summed E-state index contributed by atoms with van der Waals surface area (Å²) in [5, 5.41) is 0.910. The van der Waals surface area contributed by atoms with E-state index in [1.165, 1.54) is 39.3 Å². The topological polar surface area (TPSA) is 58.5 Å². The van der Waals surface area contributed by atoms with Crippen LogP contribution in [-0.2, 0) is 10.8 Å². The summed E-state index contributed by atoms with van der Waals surface area (Å²) in [7, 11) is 0. The zero-order chi connectivity index (χ0) is 29.2. The maximum atomic E-state index is 7.15. The zero-order valence-electron chi connectivity index (χ0n) is 25.7. The van der Waals surface area contributed by atoms with Crippen LogP contribution in [-0.4, -0.2) is 32.2 Å². The lowest BCUT2D eigenvalue weighted by Crippen LogP contribution is -2.41. The Morgan fingerprint density at radius 3 is 2.21 bits per heavy atom. The molecule has 2 aliphatic heterocycles. The van der Waals surface area contributed by atoms with Crippen molar-refractivity contribution < 1.29 is 0 Å². The normalized spacial score (nSPS) is 22.7. The fourth-order valence-corrected chi connectivity index (χ4v) is 7.37. The van der Waals surface area contributed by atoms with Crippen molar-refractivity contribution in [1.29, 1.82) is 0 Å². The second-order valence-electron chi connectivity index (χ2n) is 12.8. The van der Waals surface area contributed by atoms with Crippen molar-refractivity contribution in [3.05, 3.63) is 106 Å². The summed E-state index contributed by atoms with van der Waals surface area (Å²) in [6.45, 7) is 12.6. The van der Waals surface area contributed by atoms with Crippen molar-refractivity contribution in [3.8, 4) is 0 Å². The van der Waals surface area contributed by atoms with Gasteiger partial charge in [-0.25, -0.2) is 0 Å². The van der Waals surface area contributed by atoms with Gasteiger partial charge in [-0.2, -0.15) is 0 Å². The van der Waals surface area contributed by atoms with Gasteiger partial charge in [0.25, 0.3) is 0 Å². The molecule has 1 aliphatic carbocycles. The zero-order valence-corrected chi connectivity index (χ0v) is 28.8. The summed E-state index contributed by atoms with van der Waals surface area (Å²) < 4.78 is 0. The van der Waals surface area contributed by atoms with E-state index in [1.807, 2.05) is 0 Å². The third kappa shape index (κ3) is 6.12. The third-order valence-corrected chi connectivity index (χ3v) is 9.83. The van der Waals surface area contributed by atoms with Crippen LogP contribution in [0.1, 0.15) is 70.9 Å². The molecule has 1 atom stereocenters. The number of nitrogens with two attached hydrogens (primary N) is 2. The Balaban J connectivity index is 0.00000405. The molecular weight excluding hydrogens is 651 g/mol. The lowest BCUT2D eigenvalue weighted by Gasteiger charge is -2.32. The molecule has 1 unspecified atom stereocenters. The standard InChI is InChI=1S/C36H47ClN4.HI/c1-35(2)28-14-5-7-16-30(28)40(24-10-22-38)32(35)20-18-26-12-9-13-27(34(26)37)19-21-33-36(3,4)29-15-6-8-17-31(29)41(33)25-11-23-39;/h5-8,14-21,32H,9-13,22-25,38-39H2,1-4H3;1H/b20-18+,27-19+,33-21+;. The first-order valence-corrected chi connectivity index (χ1v) is 15.7. The molecule has 0 saturated carbocycles. The number of fused-ring (bicyclic) bond motifs is 2. The van der Waals surface area contributed by atoms with Gasteiger partial charge in [-0.3, -0.25) is 0 Å². The summed E-state index contributed by atoms with van der Waals surface area (Å²) in [6.07, 6.45) is 14.3. The van der Waals surface area contributed by atoms with E-state index in [-0.39, 0.29) is 40.8 Å². The molecule has 226 valence electrons. The Labute approximate surface area is 275 Å². The molecular formula is C36H48ClIN4. The van der Waals surface area contributed by atoms with E-state index in [0.29, 0.717) is 13.1 Å². The van der Waals surface area contributed by atoms with Crippen molar-refractivity contribution in [2.75, 3.05) is 36.0 Å². The first kappa shape index (κ1) is 32.8. The minimum absolute atomic E-state index is 0. The van der Waals surface area contributed by atoms with Crippen LogP contribution in [0.4, 0.5) is 11.4 Å². The Morgan fingerprint density at radius 1 is 0.857 bits per heavy atom. The van der Waals surface area contributed by atoms with E-state index >= 15 is 0 Å². The summed E-state index contributed by atoms with van der Waals surface area (Å²) in [5.74, 6) is 0. The van der Waals surface area contributed by atoms with Gasteiger partial charge in [-0.1, -0.05) is 93.9 Å². The van der Waals surface area contributed by atoms with Crippen molar-refractivity contribution >= 4 is 47.0 Å². The molecule has 0 aromatic heterocycles. The van der Waals surface area contributed by atoms with Gasteiger partial charge in [0.1, 0.15) is 0 Å². The third-order valence-electron chi connectivity index (χ3n) is 9.35. The van der Waals surface area contributed by atoms with Gasteiger partial charge >= 0.3 is 0 Å². The second kappa shape index (κ2) is 13.7. The van der Waals surface area contributed by atoms with Gasteiger partial charge in [0.15, 0.2) is 0 Å². The predicted molar refractivity (Wildman–Crippen MR) is 192 cm³/mol. The van der Waals surface area contributed by atoms with E-state index in [1.54, 1.807) is 0 Å². The lowest BCUT2D eigenvalue weighted by molar-refractivity contribution is 0.472. The number of halogens is 2. The number of allylic oxidation sites excluding steroid dienone is 7. The number of hydrogen-bond donors (Lipinski definition) is 2. The van der Waals surface area contributed by atoms with Gasteiger partial charge < -0.3 is 21.3 Å². The first-order chi connectivity index (χ1) is 19.7. The summed E-state index contributed by atoms with van der Waals surface area (Å²) in [4.78, 5) is 4.99. The highest BCUT2D eigenvalue weighted by molar-refractivity contribution is 14.0.